The van der Waals surface area contributed by atoms with Crippen molar-refractivity contribution >= 4 is 28.8 Å². The van der Waals surface area contributed by atoms with Crippen molar-refractivity contribution in [2.45, 2.75) is 6.92 Å². The van der Waals surface area contributed by atoms with Crippen molar-refractivity contribution in [1.29, 1.82) is 0 Å². The largest absolute Gasteiger partial charge is 0.497 e. The number of amides is 1. The molecule has 0 bridgehead atoms. The van der Waals surface area contributed by atoms with Crippen LogP contribution in [0.5, 0.6) is 11.5 Å². The molecule has 1 aliphatic heterocycles. The Bertz CT molecular complexity index is 1290. The van der Waals surface area contributed by atoms with E-state index in [9.17, 15) is 4.79 Å². The summed E-state index contributed by atoms with van der Waals surface area (Å²) >= 11 is 0. The number of benzene rings is 2. The second-order valence-electron chi connectivity index (χ2n) is 8.49. The molecule has 0 unspecified atom stereocenters. The molecule has 192 valence electrons. The summed E-state index contributed by atoms with van der Waals surface area (Å²) in [7, 11) is 3.20. The van der Waals surface area contributed by atoms with E-state index in [1.807, 2.05) is 24.3 Å². The fourth-order valence-corrected chi connectivity index (χ4v) is 4.05. The topological polar surface area (TPSA) is 94.8 Å². The average Bonchev–Trinajstić information content (AvgIpc) is 3.39. The molecule has 1 saturated heterocycles. The number of ether oxygens (including phenoxy) is 2. The third-order valence-corrected chi connectivity index (χ3v) is 6.16. The number of carbonyl (C=O) groups is 1. The lowest BCUT2D eigenvalue weighted by Crippen LogP contribution is -2.46. The SMILES string of the molecule is C=CC(=O)Nc1cc(N2CCN(CC)CC2)ccc1Nc1cc(C#Cc2cc(OC)cc(OC)c2)[nH]n1. The molecule has 9 nitrogen and oxygen atoms in total. The number of methoxy groups -OCH3 is 2. The number of hydrogen-bond donors (Lipinski definition) is 3. The minimum atomic E-state index is -0.279. The summed E-state index contributed by atoms with van der Waals surface area (Å²) < 4.78 is 10.6. The normalized spacial score (nSPS) is 13.3. The van der Waals surface area contributed by atoms with Gasteiger partial charge in [0.05, 0.1) is 25.6 Å². The van der Waals surface area contributed by atoms with Crippen molar-refractivity contribution in [3.05, 3.63) is 66.4 Å². The summed E-state index contributed by atoms with van der Waals surface area (Å²) in [4.78, 5) is 16.9. The zero-order chi connectivity index (χ0) is 26.2. The molecule has 1 aliphatic rings. The van der Waals surface area contributed by atoms with Gasteiger partial charge in [0.15, 0.2) is 5.82 Å². The lowest BCUT2D eigenvalue weighted by atomic mass is 10.2. The van der Waals surface area contributed by atoms with Crippen LogP contribution in [0.4, 0.5) is 22.9 Å². The van der Waals surface area contributed by atoms with Gasteiger partial charge in [0.25, 0.3) is 0 Å². The van der Waals surface area contributed by atoms with Gasteiger partial charge in [-0.2, -0.15) is 5.10 Å². The first-order valence-electron chi connectivity index (χ1n) is 12.1. The van der Waals surface area contributed by atoms with Crippen LogP contribution in [-0.2, 0) is 4.79 Å². The van der Waals surface area contributed by atoms with E-state index in [1.165, 1.54) is 6.08 Å². The van der Waals surface area contributed by atoms with Crippen LogP contribution in [-0.4, -0.2) is 67.9 Å². The van der Waals surface area contributed by atoms with Crippen molar-refractivity contribution < 1.29 is 14.3 Å². The molecule has 0 radical (unpaired) electrons. The Hall–Kier alpha value is -4.42. The number of nitrogens with one attached hydrogen (secondary N) is 3. The molecule has 1 aromatic heterocycles. The predicted molar refractivity (Wildman–Crippen MR) is 147 cm³/mol. The van der Waals surface area contributed by atoms with Crippen LogP contribution in [0.25, 0.3) is 0 Å². The van der Waals surface area contributed by atoms with Crippen molar-refractivity contribution in [3.8, 4) is 23.3 Å². The van der Waals surface area contributed by atoms with Crippen LogP contribution in [0.3, 0.4) is 0 Å². The average molecular weight is 501 g/mol. The van der Waals surface area contributed by atoms with E-state index in [4.69, 9.17) is 9.47 Å². The van der Waals surface area contributed by atoms with Crippen LogP contribution in [0.2, 0.25) is 0 Å². The lowest BCUT2D eigenvalue weighted by molar-refractivity contribution is -0.111. The van der Waals surface area contributed by atoms with Crippen LogP contribution < -0.4 is 25.0 Å². The second kappa shape index (κ2) is 12.0. The standard InChI is InChI=1S/C28H32N6O3/c1-5-28(35)30-26-18-22(34-13-11-33(6-2)12-14-34)9-10-25(26)29-27-17-21(31-32-27)8-7-20-15-23(36-3)19-24(16-20)37-4/h5,9-10,15-19H,1,6,11-14H2,2-4H3,(H,30,35)(H2,29,31,32). The number of aromatic nitrogens is 2. The molecular formula is C28H32N6O3. The Labute approximate surface area is 217 Å². The van der Waals surface area contributed by atoms with E-state index in [0.29, 0.717) is 28.7 Å². The molecule has 0 spiro atoms. The molecule has 0 atom stereocenters. The number of carbonyl (C=O) groups excluding carboxylic acids is 1. The number of hydrogen-bond acceptors (Lipinski definition) is 7. The number of rotatable bonds is 8. The van der Waals surface area contributed by atoms with Crippen molar-refractivity contribution in [3.63, 3.8) is 0 Å². The van der Waals surface area contributed by atoms with Gasteiger partial charge < -0.3 is 29.9 Å². The van der Waals surface area contributed by atoms with Crippen molar-refractivity contribution in [2.75, 3.05) is 62.5 Å². The molecule has 3 aromatic rings. The highest BCUT2D eigenvalue weighted by atomic mass is 16.5. The van der Waals surface area contributed by atoms with Gasteiger partial charge in [-0.3, -0.25) is 9.89 Å². The maximum absolute atomic E-state index is 12.1. The summed E-state index contributed by atoms with van der Waals surface area (Å²) in [5.41, 5.74) is 3.81. The van der Waals surface area contributed by atoms with Gasteiger partial charge >= 0.3 is 0 Å². The third kappa shape index (κ3) is 6.63. The third-order valence-electron chi connectivity index (χ3n) is 6.16. The Morgan fingerprint density at radius 1 is 1.05 bits per heavy atom. The zero-order valence-corrected chi connectivity index (χ0v) is 21.4. The Morgan fingerprint density at radius 2 is 1.78 bits per heavy atom. The van der Waals surface area contributed by atoms with Crippen LogP contribution in [0.15, 0.2) is 55.1 Å². The maximum Gasteiger partial charge on any atom is 0.247 e. The highest BCUT2D eigenvalue weighted by Gasteiger charge is 2.17. The highest BCUT2D eigenvalue weighted by Crippen LogP contribution is 2.31. The highest BCUT2D eigenvalue weighted by molar-refractivity contribution is 6.02. The quantitative estimate of drug-likeness (QED) is 0.320. The fraction of sp³-hybridized carbons (Fsp3) is 0.286. The number of anilines is 4. The summed E-state index contributed by atoms with van der Waals surface area (Å²) in [5, 5.41) is 13.4. The molecular weight excluding hydrogens is 468 g/mol. The molecule has 4 rings (SSSR count). The monoisotopic (exact) mass is 500 g/mol. The Morgan fingerprint density at radius 3 is 2.43 bits per heavy atom. The van der Waals surface area contributed by atoms with Gasteiger partial charge in [0.2, 0.25) is 5.91 Å². The molecule has 9 heteroatoms. The maximum atomic E-state index is 12.1. The van der Waals surface area contributed by atoms with Gasteiger partial charge in [0, 0.05) is 49.6 Å². The van der Waals surface area contributed by atoms with Crippen LogP contribution >= 0.6 is 0 Å². The van der Waals surface area contributed by atoms with E-state index in [2.05, 4.69) is 62.0 Å². The fourth-order valence-electron chi connectivity index (χ4n) is 4.05. The summed E-state index contributed by atoms with van der Waals surface area (Å²) in [6.07, 6.45) is 1.26. The van der Waals surface area contributed by atoms with Gasteiger partial charge in [-0.05, 0) is 48.9 Å². The summed E-state index contributed by atoms with van der Waals surface area (Å²) in [6.45, 7) is 10.7. The van der Waals surface area contributed by atoms with E-state index in [0.717, 1.165) is 49.7 Å². The number of aromatic amines is 1. The van der Waals surface area contributed by atoms with E-state index in [1.54, 1.807) is 26.4 Å². The van der Waals surface area contributed by atoms with Gasteiger partial charge in [-0.1, -0.05) is 19.4 Å². The number of likely N-dealkylation sites (N-methyl/N-ethyl adjacent to an activating group) is 1. The van der Waals surface area contributed by atoms with Gasteiger partial charge in [-0.25, -0.2) is 0 Å². The minimum absolute atomic E-state index is 0.279. The number of H-pyrrole nitrogens is 1. The number of nitrogens with zero attached hydrogens (tertiary/aromatic N) is 3. The molecule has 2 aromatic carbocycles. The molecule has 37 heavy (non-hydrogen) atoms. The first-order valence-corrected chi connectivity index (χ1v) is 12.1. The van der Waals surface area contributed by atoms with Gasteiger partial charge in [-0.15, -0.1) is 0 Å². The summed E-state index contributed by atoms with van der Waals surface area (Å²) in [6, 6.07) is 13.3. The molecule has 0 saturated carbocycles. The number of piperazine rings is 1. The lowest BCUT2D eigenvalue weighted by Gasteiger charge is -2.35. The van der Waals surface area contributed by atoms with Crippen LogP contribution in [0, 0.1) is 11.8 Å². The molecule has 1 fully saturated rings. The first-order chi connectivity index (χ1) is 18.0. The molecule has 0 aliphatic carbocycles. The molecule has 2 heterocycles. The minimum Gasteiger partial charge on any atom is -0.497 e. The van der Waals surface area contributed by atoms with E-state index < -0.39 is 0 Å². The first kappa shape index (κ1) is 25.7. The second-order valence-corrected chi connectivity index (χ2v) is 8.49. The Balaban J connectivity index is 1.52. The summed E-state index contributed by atoms with van der Waals surface area (Å²) in [5.74, 6) is 7.80. The predicted octanol–water partition coefficient (Wildman–Crippen LogP) is 3.84. The van der Waals surface area contributed by atoms with Crippen LogP contribution in [0.1, 0.15) is 18.2 Å². The Kier molecular flexibility index (Phi) is 8.33. The van der Waals surface area contributed by atoms with E-state index in [-0.39, 0.29) is 5.91 Å². The zero-order valence-electron chi connectivity index (χ0n) is 21.4. The molecule has 1 amide bonds. The van der Waals surface area contributed by atoms with Crippen molar-refractivity contribution in [1.82, 2.24) is 15.1 Å². The van der Waals surface area contributed by atoms with E-state index >= 15 is 0 Å². The molecule has 3 N–H and O–H groups in total. The smallest absolute Gasteiger partial charge is 0.247 e. The van der Waals surface area contributed by atoms with Gasteiger partial charge in [0.1, 0.15) is 17.2 Å². The van der Waals surface area contributed by atoms with Crippen molar-refractivity contribution in [2.24, 2.45) is 0 Å².